The zero-order chi connectivity index (χ0) is 24.8. The third kappa shape index (κ3) is 6.80. The van der Waals surface area contributed by atoms with Crippen LogP contribution in [0.25, 0.3) is 11.3 Å². The summed E-state index contributed by atoms with van der Waals surface area (Å²) >= 11 is 0. The lowest BCUT2D eigenvalue weighted by Gasteiger charge is -2.35. The maximum Gasteiger partial charge on any atom is 0.232 e. The van der Waals surface area contributed by atoms with Gasteiger partial charge in [-0.05, 0) is 44.7 Å². The quantitative estimate of drug-likeness (QED) is 0.546. The standard InChI is InChI=1S/C26H40FN5O3/c1-4-20(2)32(18-23(33)17-30-13-15-34-16-14-30)19-24-25(21-5-7-22(27)8-6-21)28-35-26(24)31-11-9-29(3)10-12-31/h5-8,20,23,33H,4,9-19H2,1-3H3. The molecule has 1 aromatic carbocycles. The van der Waals surface area contributed by atoms with Crippen molar-refractivity contribution < 1.29 is 18.8 Å². The van der Waals surface area contributed by atoms with Gasteiger partial charge < -0.3 is 24.2 Å². The summed E-state index contributed by atoms with van der Waals surface area (Å²) in [5.74, 6) is 0.513. The zero-order valence-corrected chi connectivity index (χ0v) is 21.3. The van der Waals surface area contributed by atoms with Gasteiger partial charge in [-0.1, -0.05) is 12.1 Å². The summed E-state index contributed by atoms with van der Waals surface area (Å²) in [7, 11) is 2.13. The van der Waals surface area contributed by atoms with Crippen LogP contribution in [0.2, 0.25) is 0 Å². The largest absolute Gasteiger partial charge is 0.390 e. The monoisotopic (exact) mass is 489 g/mol. The second-order valence-electron chi connectivity index (χ2n) is 9.87. The van der Waals surface area contributed by atoms with E-state index < -0.39 is 6.10 Å². The molecular weight excluding hydrogens is 449 g/mol. The fraction of sp³-hybridized carbons (Fsp3) is 0.654. The average Bonchev–Trinajstić information content (AvgIpc) is 3.28. The molecular formula is C26H40FN5O3. The fourth-order valence-corrected chi connectivity index (χ4v) is 4.81. The Morgan fingerprint density at radius 1 is 1.09 bits per heavy atom. The van der Waals surface area contributed by atoms with Crippen LogP contribution in [-0.4, -0.2) is 110 Å². The molecule has 2 aliphatic heterocycles. The highest BCUT2D eigenvalue weighted by Crippen LogP contribution is 2.34. The molecule has 0 saturated carbocycles. The van der Waals surface area contributed by atoms with Crippen LogP contribution in [0.5, 0.6) is 0 Å². The number of aromatic nitrogens is 1. The average molecular weight is 490 g/mol. The molecule has 0 radical (unpaired) electrons. The molecule has 2 atom stereocenters. The van der Waals surface area contributed by atoms with Crippen molar-refractivity contribution in [3.05, 3.63) is 35.6 Å². The number of hydrogen-bond acceptors (Lipinski definition) is 8. The number of anilines is 1. The van der Waals surface area contributed by atoms with E-state index in [-0.39, 0.29) is 11.9 Å². The van der Waals surface area contributed by atoms with Gasteiger partial charge in [0.05, 0.1) is 24.9 Å². The van der Waals surface area contributed by atoms with Gasteiger partial charge in [-0.15, -0.1) is 0 Å². The van der Waals surface area contributed by atoms with Gasteiger partial charge in [0.2, 0.25) is 5.88 Å². The van der Waals surface area contributed by atoms with Crippen molar-refractivity contribution in [2.24, 2.45) is 0 Å². The second-order valence-corrected chi connectivity index (χ2v) is 9.87. The van der Waals surface area contributed by atoms with E-state index in [2.05, 4.69) is 45.7 Å². The van der Waals surface area contributed by atoms with E-state index in [4.69, 9.17) is 9.26 Å². The zero-order valence-electron chi connectivity index (χ0n) is 21.3. The minimum atomic E-state index is -0.469. The van der Waals surface area contributed by atoms with Gasteiger partial charge in [0.15, 0.2) is 0 Å². The highest BCUT2D eigenvalue weighted by atomic mass is 19.1. The predicted octanol–water partition coefficient (Wildman–Crippen LogP) is 2.53. The Labute approximate surface area is 208 Å². The summed E-state index contributed by atoms with van der Waals surface area (Å²) < 4.78 is 25.0. The number of morpholine rings is 1. The summed E-state index contributed by atoms with van der Waals surface area (Å²) in [6, 6.07) is 6.70. The van der Waals surface area contributed by atoms with Gasteiger partial charge in [0.25, 0.3) is 0 Å². The molecule has 0 amide bonds. The summed E-state index contributed by atoms with van der Waals surface area (Å²) in [6.45, 7) is 13.0. The van der Waals surface area contributed by atoms with Crippen LogP contribution in [0.15, 0.2) is 28.8 Å². The summed E-state index contributed by atoms with van der Waals surface area (Å²) in [4.78, 5) is 9.15. The Balaban J connectivity index is 1.58. The molecule has 35 heavy (non-hydrogen) atoms. The van der Waals surface area contributed by atoms with Gasteiger partial charge >= 0.3 is 0 Å². The number of benzene rings is 1. The molecule has 4 rings (SSSR count). The topological polar surface area (TPSA) is 68.5 Å². The SMILES string of the molecule is CCC(C)N(Cc1c(-c2ccc(F)cc2)noc1N1CCN(C)CC1)CC(O)CN1CCOCC1. The van der Waals surface area contributed by atoms with Crippen molar-refractivity contribution in [3.63, 3.8) is 0 Å². The Morgan fingerprint density at radius 2 is 1.77 bits per heavy atom. The van der Waals surface area contributed by atoms with Crippen LogP contribution >= 0.6 is 0 Å². The molecule has 3 heterocycles. The maximum atomic E-state index is 13.6. The smallest absolute Gasteiger partial charge is 0.232 e. The first-order chi connectivity index (χ1) is 16.9. The maximum absolute atomic E-state index is 13.6. The minimum Gasteiger partial charge on any atom is -0.390 e. The summed E-state index contributed by atoms with van der Waals surface area (Å²) in [5.41, 5.74) is 2.58. The number of hydrogen-bond donors (Lipinski definition) is 1. The first-order valence-corrected chi connectivity index (χ1v) is 12.8. The van der Waals surface area contributed by atoms with E-state index in [0.29, 0.717) is 19.6 Å². The molecule has 2 aliphatic rings. The van der Waals surface area contributed by atoms with Gasteiger partial charge in [0, 0.05) is 70.5 Å². The van der Waals surface area contributed by atoms with Crippen LogP contribution in [0, 0.1) is 5.82 Å². The first-order valence-electron chi connectivity index (χ1n) is 12.8. The molecule has 0 spiro atoms. The lowest BCUT2D eigenvalue weighted by molar-refractivity contribution is 0.00253. The highest BCUT2D eigenvalue weighted by Gasteiger charge is 2.28. The molecule has 0 bridgehead atoms. The lowest BCUT2D eigenvalue weighted by Crippen LogP contribution is -2.46. The van der Waals surface area contributed by atoms with Crippen molar-refractivity contribution >= 4 is 5.88 Å². The van der Waals surface area contributed by atoms with E-state index in [0.717, 1.165) is 81.6 Å². The number of rotatable bonds is 10. The number of aliphatic hydroxyl groups is 1. The third-order valence-electron chi connectivity index (χ3n) is 7.27. The molecule has 2 aromatic rings. The molecule has 0 aliphatic carbocycles. The molecule has 194 valence electrons. The van der Waals surface area contributed by atoms with E-state index in [1.54, 1.807) is 12.1 Å². The lowest BCUT2D eigenvalue weighted by atomic mass is 10.0. The van der Waals surface area contributed by atoms with E-state index in [1.807, 2.05) is 0 Å². The predicted molar refractivity (Wildman–Crippen MR) is 135 cm³/mol. The number of nitrogens with zero attached hydrogens (tertiary/aromatic N) is 5. The molecule has 2 unspecified atom stereocenters. The fourth-order valence-electron chi connectivity index (χ4n) is 4.81. The van der Waals surface area contributed by atoms with Crippen LogP contribution in [-0.2, 0) is 11.3 Å². The Morgan fingerprint density at radius 3 is 2.43 bits per heavy atom. The van der Waals surface area contributed by atoms with Crippen molar-refractivity contribution in [2.75, 3.05) is 77.5 Å². The molecule has 1 aromatic heterocycles. The van der Waals surface area contributed by atoms with E-state index in [1.165, 1.54) is 12.1 Å². The summed E-state index contributed by atoms with van der Waals surface area (Å²) in [6.07, 6.45) is 0.494. The Kier molecular flexibility index (Phi) is 9.13. The number of piperazine rings is 1. The number of halogens is 1. The van der Waals surface area contributed by atoms with Crippen molar-refractivity contribution in [2.45, 2.75) is 39.0 Å². The number of β-amino-alcohol motifs (C(OH)–C–C–N with tert-alkyl or cyclic N) is 1. The van der Waals surface area contributed by atoms with E-state index >= 15 is 0 Å². The Hall–Kier alpha value is -2.04. The van der Waals surface area contributed by atoms with Crippen molar-refractivity contribution in [3.8, 4) is 11.3 Å². The van der Waals surface area contributed by atoms with Crippen LogP contribution in [0.4, 0.5) is 10.3 Å². The van der Waals surface area contributed by atoms with Gasteiger partial charge in [-0.2, -0.15) is 0 Å². The summed E-state index contributed by atoms with van der Waals surface area (Å²) in [5, 5.41) is 15.4. The van der Waals surface area contributed by atoms with Crippen LogP contribution in [0.3, 0.4) is 0 Å². The van der Waals surface area contributed by atoms with Crippen LogP contribution < -0.4 is 4.90 Å². The normalized spacial score (nSPS) is 19.9. The van der Waals surface area contributed by atoms with Crippen LogP contribution in [0.1, 0.15) is 25.8 Å². The second kappa shape index (κ2) is 12.3. The molecule has 9 heteroatoms. The number of ether oxygens (including phenoxy) is 1. The molecule has 8 nitrogen and oxygen atoms in total. The first kappa shape index (κ1) is 26.0. The third-order valence-corrected chi connectivity index (χ3v) is 7.27. The highest BCUT2D eigenvalue weighted by molar-refractivity contribution is 5.68. The van der Waals surface area contributed by atoms with Gasteiger partial charge in [0.1, 0.15) is 11.5 Å². The molecule has 2 fully saturated rings. The molecule has 1 N–H and O–H groups in total. The number of likely N-dealkylation sites (N-methyl/N-ethyl adjacent to an activating group) is 1. The van der Waals surface area contributed by atoms with Gasteiger partial charge in [-0.3, -0.25) is 9.80 Å². The van der Waals surface area contributed by atoms with Gasteiger partial charge in [-0.25, -0.2) is 4.39 Å². The van der Waals surface area contributed by atoms with Crippen molar-refractivity contribution in [1.29, 1.82) is 0 Å². The van der Waals surface area contributed by atoms with E-state index in [9.17, 15) is 9.50 Å². The van der Waals surface area contributed by atoms with Crippen molar-refractivity contribution in [1.82, 2.24) is 19.9 Å². The number of aliphatic hydroxyl groups excluding tert-OH is 1. The molecule has 2 saturated heterocycles. The Bertz CT molecular complexity index is 910. The minimum absolute atomic E-state index is 0.269.